The summed E-state index contributed by atoms with van der Waals surface area (Å²) in [6, 6.07) is 4.03. The monoisotopic (exact) mass is 395 g/mol. The van der Waals surface area contributed by atoms with E-state index in [9.17, 15) is 4.79 Å². The topological polar surface area (TPSA) is 92.1 Å². The van der Waals surface area contributed by atoms with Gasteiger partial charge in [-0.3, -0.25) is 4.98 Å². The van der Waals surface area contributed by atoms with Gasteiger partial charge in [0.15, 0.2) is 0 Å². The highest BCUT2D eigenvalue weighted by Crippen LogP contribution is 2.32. The SMILES string of the molecule is Cc1cnc(-c2cc(N3CCc4nc(C(=O)O)ncc4C3)ncc2Cl)c(C)c1. The van der Waals surface area contributed by atoms with E-state index in [1.807, 2.05) is 26.1 Å². The van der Waals surface area contributed by atoms with Gasteiger partial charge in [-0.2, -0.15) is 0 Å². The van der Waals surface area contributed by atoms with Gasteiger partial charge in [-0.05, 0) is 31.0 Å². The maximum Gasteiger partial charge on any atom is 0.373 e. The highest BCUT2D eigenvalue weighted by molar-refractivity contribution is 6.33. The Labute approximate surface area is 167 Å². The maximum absolute atomic E-state index is 11.1. The summed E-state index contributed by atoms with van der Waals surface area (Å²) in [4.78, 5) is 30.3. The smallest absolute Gasteiger partial charge is 0.373 e. The van der Waals surface area contributed by atoms with Crippen LogP contribution in [-0.4, -0.2) is 37.6 Å². The van der Waals surface area contributed by atoms with Gasteiger partial charge in [0.1, 0.15) is 5.82 Å². The molecule has 4 rings (SSSR count). The number of aromatic carboxylic acids is 1. The molecule has 3 aromatic rings. The van der Waals surface area contributed by atoms with E-state index in [1.54, 1.807) is 12.4 Å². The van der Waals surface area contributed by atoms with Crippen LogP contribution in [0.3, 0.4) is 0 Å². The van der Waals surface area contributed by atoms with Crippen molar-refractivity contribution in [2.75, 3.05) is 11.4 Å². The lowest BCUT2D eigenvalue weighted by molar-refractivity contribution is 0.0683. The van der Waals surface area contributed by atoms with Crippen molar-refractivity contribution in [2.24, 2.45) is 0 Å². The molecule has 0 unspecified atom stereocenters. The lowest BCUT2D eigenvalue weighted by Crippen LogP contribution is -2.32. The van der Waals surface area contributed by atoms with Gasteiger partial charge >= 0.3 is 5.97 Å². The van der Waals surface area contributed by atoms with Gasteiger partial charge in [0.2, 0.25) is 5.82 Å². The lowest BCUT2D eigenvalue weighted by atomic mass is 10.0. The zero-order valence-corrected chi connectivity index (χ0v) is 16.2. The number of hydrogen-bond donors (Lipinski definition) is 1. The summed E-state index contributed by atoms with van der Waals surface area (Å²) in [5.74, 6) is -0.496. The number of anilines is 1. The quantitative estimate of drug-likeness (QED) is 0.725. The van der Waals surface area contributed by atoms with E-state index < -0.39 is 5.97 Å². The number of carboxylic acid groups (broad SMARTS) is 1. The molecule has 8 heteroatoms. The minimum absolute atomic E-state index is 0.167. The van der Waals surface area contributed by atoms with Gasteiger partial charge in [0.05, 0.1) is 16.4 Å². The average molecular weight is 396 g/mol. The molecule has 142 valence electrons. The van der Waals surface area contributed by atoms with Crippen molar-refractivity contribution in [1.29, 1.82) is 0 Å². The first-order chi connectivity index (χ1) is 13.4. The van der Waals surface area contributed by atoms with Crippen molar-refractivity contribution < 1.29 is 9.90 Å². The second-order valence-corrected chi connectivity index (χ2v) is 7.25. The molecular weight excluding hydrogens is 378 g/mol. The van der Waals surface area contributed by atoms with Crippen molar-refractivity contribution >= 4 is 23.4 Å². The van der Waals surface area contributed by atoms with E-state index in [1.165, 1.54) is 0 Å². The van der Waals surface area contributed by atoms with E-state index in [4.69, 9.17) is 16.7 Å². The number of halogens is 1. The summed E-state index contributed by atoms with van der Waals surface area (Å²) in [5.41, 5.74) is 5.50. The zero-order valence-electron chi connectivity index (χ0n) is 15.5. The molecule has 0 aliphatic carbocycles. The van der Waals surface area contributed by atoms with E-state index in [2.05, 4.69) is 30.9 Å². The number of aromatic nitrogens is 4. The molecule has 28 heavy (non-hydrogen) atoms. The van der Waals surface area contributed by atoms with Crippen molar-refractivity contribution in [1.82, 2.24) is 19.9 Å². The minimum atomic E-state index is -1.12. The van der Waals surface area contributed by atoms with Gasteiger partial charge in [-0.25, -0.2) is 19.7 Å². The molecule has 0 atom stereocenters. The van der Waals surface area contributed by atoms with Crippen LogP contribution in [0, 0.1) is 13.8 Å². The van der Waals surface area contributed by atoms with Gasteiger partial charge in [0.25, 0.3) is 0 Å². The molecule has 0 radical (unpaired) electrons. The van der Waals surface area contributed by atoms with Crippen molar-refractivity contribution in [3.8, 4) is 11.3 Å². The molecule has 0 aromatic carbocycles. The fraction of sp³-hybridized carbons (Fsp3) is 0.250. The Bertz CT molecular complexity index is 1090. The van der Waals surface area contributed by atoms with Crippen LogP contribution in [0.5, 0.6) is 0 Å². The normalized spacial score (nSPS) is 13.3. The fourth-order valence-electron chi connectivity index (χ4n) is 3.39. The fourth-order valence-corrected chi connectivity index (χ4v) is 3.59. The molecule has 3 aromatic heterocycles. The van der Waals surface area contributed by atoms with Crippen LogP contribution in [0.15, 0.2) is 30.7 Å². The number of carbonyl (C=O) groups is 1. The van der Waals surface area contributed by atoms with Crippen molar-refractivity contribution in [3.63, 3.8) is 0 Å². The molecule has 0 spiro atoms. The number of fused-ring (bicyclic) bond motifs is 1. The first-order valence-electron chi connectivity index (χ1n) is 8.84. The van der Waals surface area contributed by atoms with Crippen LogP contribution in [0.25, 0.3) is 11.3 Å². The van der Waals surface area contributed by atoms with Crippen LogP contribution < -0.4 is 4.90 Å². The Morgan fingerprint density at radius 2 is 1.96 bits per heavy atom. The van der Waals surface area contributed by atoms with E-state index in [0.29, 0.717) is 24.5 Å². The predicted octanol–water partition coefficient (Wildman–Crippen LogP) is 3.46. The van der Waals surface area contributed by atoms with Crippen LogP contribution in [0.1, 0.15) is 33.0 Å². The first kappa shape index (κ1) is 18.3. The number of aryl methyl sites for hydroxylation is 2. The Balaban J connectivity index is 1.66. The molecule has 0 fully saturated rings. The number of pyridine rings is 2. The zero-order chi connectivity index (χ0) is 19.8. The molecule has 1 aliphatic rings. The Kier molecular flexibility index (Phi) is 4.68. The number of hydrogen-bond acceptors (Lipinski definition) is 6. The second-order valence-electron chi connectivity index (χ2n) is 6.84. The highest BCUT2D eigenvalue weighted by Gasteiger charge is 2.22. The van der Waals surface area contributed by atoms with Crippen LogP contribution >= 0.6 is 11.6 Å². The van der Waals surface area contributed by atoms with Crippen LogP contribution in [0.4, 0.5) is 5.82 Å². The Morgan fingerprint density at radius 1 is 1.14 bits per heavy atom. The number of nitrogens with zero attached hydrogens (tertiary/aromatic N) is 5. The third-order valence-electron chi connectivity index (χ3n) is 4.76. The highest BCUT2D eigenvalue weighted by atomic mass is 35.5. The third-order valence-corrected chi connectivity index (χ3v) is 5.06. The van der Waals surface area contributed by atoms with Crippen molar-refractivity contribution in [3.05, 3.63) is 64.0 Å². The standard InChI is InChI=1S/C20H18ClN5O2/c1-11-5-12(2)18(23-7-11)14-6-17(22-9-15(14)21)26-4-3-16-13(10-26)8-24-19(25-16)20(27)28/h5-9H,3-4,10H2,1-2H3,(H,27,28). The molecule has 1 aliphatic heterocycles. The summed E-state index contributed by atoms with van der Waals surface area (Å²) in [6.07, 6.45) is 5.68. The van der Waals surface area contributed by atoms with Gasteiger partial charge in [0, 0.05) is 49.2 Å². The summed E-state index contributed by atoms with van der Waals surface area (Å²) in [6.45, 7) is 5.26. The summed E-state index contributed by atoms with van der Waals surface area (Å²) in [5, 5.41) is 9.61. The van der Waals surface area contributed by atoms with Gasteiger partial charge < -0.3 is 10.0 Å². The summed E-state index contributed by atoms with van der Waals surface area (Å²) in [7, 11) is 0. The Morgan fingerprint density at radius 3 is 2.71 bits per heavy atom. The lowest BCUT2D eigenvalue weighted by Gasteiger charge is -2.29. The van der Waals surface area contributed by atoms with E-state index >= 15 is 0 Å². The third kappa shape index (κ3) is 3.41. The number of rotatable bonds is 3. The summed E-state index contributed by atoms with van der Waals surface area (Å²) < 4.78 is 0. The largest absolute Gasteiger partial charge is 0.475 e. The average Bonchev–Trinajstić information content (AvgIpc) is 2.68. The molecule has 0 bridgehead atoms. The van der Waals surface area contributed by atoms with Gasteiger partial charge in [-0.15, -0.1) is 0 Å². The molecule has 0 amide bonds. The minimum Gasteiger partial charge on any atom is -0.475 e. The number of carboxylic acids is 1. The predicted molar refractivity (Wildman–Crippen MR) is 106 cm³/mol. The Hall–Kier alpha value is -3.06. The molecule has 7 nitrogen and oxygen atoms in total. The van der Waals surface area contributed by atoms with Crippen LogP contribution in [-0.2, 0) is 13.0 Å². The van der Waals surface area contributed by atoms with E-state index in [-0.39, 0.29) is 5.82 Å². The molecule has 4 heterocycles. The summed E-state index contributed by atoms with van der Waals surface area (Å²) >= 11 is 6.41. The molecule has 0 saturated carbocycles. The molecule has 0 saturated heterocycles. The second kappa shape index (κ2) is 7.16. The first-order valence-corrected chi connectivity index (χ1v) is 9.22. The van der Waals surface area contributed by atoms with Gasteiger partial charge in [-0.1, -0.05) is 17.7 Å². The molecular formula is C20H18ClN5O2. The maximum atomic E-state index is 11.1. The van der Waals surface area contributed by atoms with E-state index in [0.717, 1.165) is 39.5 Å². The molecule has 1 N–H and O–H groups in total. The van der Waals surface area contributed by atoms with Crippen molar-refractivity contribution in [2.45, 2.75) is 26.8 Å². The van der Waals surface area contributed by atoms with Crippen LogP contribution in [0.2, 0.25) is 5.02 Å².